The molecule has 20 heavy (non-hydrogen) atoms. The molecule has 0 saturated heterocycles. The highest BCUT2D eigenvalue weighted by Crippen LogP contribution is 2.54. The summed E-state index contributed by atoms with van der Waals surface area (Å²) in [6.45, 7) is 6.83. The highest BCUT2D eigenvalue weighted by Gasteiger charge is 2.52. The zero-order valence-corrected chi connectivity index (χ0v) is 12.7. The topological polar surface area (TPSA) is 63.8 Å². The zero-order valence-electron chi connectivity index (χ0n) is 12.0. The fraction of sp³-hybridized carbons (Fsp3) is 0.643. The average molecular weight is 295 g/mol. The molecular formula is C14H19ClN4O. The SMILES string of the molecule is CC1(C)[C@@H](CO)CC[C@@]1(C)n1cnc2c(Cl)ncnc21. The maximum Gasteiger partial charge on any atom is 0.165 e. The Bertz CT molecular complexity index is 654. The van der Waals surface area contributed by atoms with Crippen LogP contribution in [0.3, 0.4) is 0 Å². The monoisotopic (exact) mass is 294 g/mol. The molecule has 2 heterocycles. The number of nitrogens with zero attached hydrogens (tertiary/aromatic N) is 4. The standard InChI is InChI=1S/C14H19ClN4O/c1-13(2)9(6-20)4-5-14(13,3)19-8-18-10-11(15)16-7-17-12(10)19/h7-9,20H,4-6H2,1-3H3/t9-,14-/m1/s1. The zero-order chi connectivity index (χ0) is 14.5. The van der Waals surface area contributed by atoms with Crippen LogP contribution in [-0.2, 0) is 5.54 Å². The average Bonchev–Trinajstić information content (AvgIpc) is 2.92. The summed E-state index contributed by atoms with van der Waals surface area (Å²) in [5.41, 5.74) is 1.21. The molecule has 1 fully saturated rings. The van der Waals surface area contributed by atoms with Gasteiger partial charge in [0.15, 0.2) is 10.8 Å². The maximum atomic E-state index is 9.62. The lowest BCUT2D eigenvalue weighted by Gasteiger charge is -2.42. The van der Waals surface area contributed by atoms with E-state index in [1.807, 2.05) is 0 Å². The van der Waals surface area contributed by atoms with Crippen LogP contribution in [0.4, 0.5) is 0 Å². The second kappa shape index (κ2) is 4.40. The number of hydrogen-bond donors (Lipinski definition) is 1. The molecule has 108 valence electrons. The first-order valence-electron chi connectivity index (χ1n) is 6.86. The summed E-state index contributed by atoms with van der Waals surface area (Å²) in [6, 6.07) is 0. The third-order valence-electron chi connectivity index (χ3n) is 5.43. The van der Waals surface area contributed by atoms with E-state index in [0.717, 1.165) is 18.5 Å². The number of halogens is 1. The van der Waals surface area contributed by atoms with Crippen LogP contribution in [0.1, 0.15) is 33.6 Å². The molecule has 0 unspecified atom stereocenters. The molecular weight excluding hydrogens is 276 g/mol. The molecule has 0 aromatic carbocycles. The summed E-state index contributed by atoms with van der Waals surface area (Å²) in [6.07, 6.45) is 5.25. The number of aromatic nitrogens is 4. The van der Waals surface area contributed by atoms with Crippen LogP contribution < -0.4 is 0 Å². The Kier molecular flexibility index (Phi) is 3.03. The Hall–Kier alpha value is -1.20. The van der Waals surface area contributed by atoms with Gasteiger partial charge < -0.3 is 9.67 Å². The molecule has 0 amide bonds. The summed E-state index contributed by atoms with van der Waals surface area (Å²) in [4.78, 5) is 12.7. The Morgan fingerprint density at radius 1 is 1.35 bits per heavy atom. The summed E-state index contributed by atoms with van der Waals surface area (Å²) < 4.78 is 2.10. The second-order valence-corrected chi connectivity index (χ2v) is 6.72. The predicted molar refractivity (Wildman–Crippen MR) is 77.6 cm³/mol. The Morgan fingerprint density at radius 3 is 2.75 bits per heavy atom. The number of aliphatic hydroxyl groups is 1. The molecule has 1 N–H and O–H groups in total. The maximum absolute atomic E-state index is 9.62. The van der Waals surface area contributed by atoms with Crippen LogP contribution in [0.15, 0.2) is 12.7 Å². The van der Waals surface area contributed by atoms with E-state index in [4.69, 9.17) is 11.6 Å². The van der Waals surface area contributed by atoms with Gasteiger partial charge in [0.1, 0.15) is 11.8 Å². The van der Waals surface area contributed by atoms with Crippen LogP contribution >= 0.6 is 11.6 Å². The van der Waals surface area contributed by atoms with Gasteiger partial charge in [-0.05, 0) is 31.1 Å². The minimum Gasteiger partial charge on any atom is -0.396 e. The van der Waals surface area contributed by atoms with Crippen molar-refractivity contribution < 1.29 is 5.11 Å². The first kappa shape index (κ1) is 13.8. The van der Waals surface area contributed by atoms with Crippen LogP contribution in [-0.4, -0.2) is 31.2 Å². The third-order valence-corrected chi connectivity index (χ3v) is 5.71. The van der Waals surface area contributed by atoms with Gasteiger partial charge in [-0.1, -0.05) is 25.4 Å². The van der Waals surface area contributed by atoms with Crippen molar-refractivity contribution >= 4 is 22.8 Å². The molecule has 0 aliphatic heterocycles. The van der Waals surface area contributed by atoms with Gasteiger partial charge in [0.2, 0.25) is 0 Å². The van der Waals surface area contributed by atoms with Crippen molar-refractivity contribution in [3.05, 3.63) is 17.8 Å². The molecule has 6 heteroatoms. The van der Waals surface area contributed by atoms with Gasteiger partial charge in [-0.25, -0.2) is 15.0 Å². The lowest BCUT2D eigenvalue weighted by molar-refractivity contribution is 0.0649. The van der Waals surface area contributed by atoms with Gasteiger partial charge in [0, 0.05) is 6.61 Å². The Morgan fingerprint density at radius 2 is 2.10 bits per heavy atom. The van der Waals surface area contributed by atoms with Crippen LogP contribution in [0.25, 0.3) is 11.2 Å². The number of imidazole rings is 1. The fourth-order valence-electron chi connectivity index (χ4n) is 3.50. The fourth-order valence-corrected chi connectivity index (χ4v) is 3.67. The highest BCUT2D eigenvalue weighted by atomic mass is 35.5. The van der Waals surface area contributed by atoms with E-state index >= 15 is 0 Å². The van der Waals surface area contributed by atoms with E-state index in [0.29, 0.717) is 10.7 Å². The molecule has 2 aromatic heterocycles. The molecule has 0 radical (unpaired) electrons. The quantitative estimate of drug-likeness (QED) is 0.865. The molecule has 0 spiro atoms. The molecule has 1 saturated carbocycles. The number of fused-ring (bicyclic) bond motifs is 1. The van der Waals surface area contributed by atoms with Crippen LogP contribution in [0, 0.1) is 11.3 Å². The third kappa shape index (κ3) is 1.63. The van der Waals surface area contributed by atoms with Crippen molar-refractivity contribution in [2.45, 2.75) is 39.2 Å². The smallest absolute Gasteiger partial charge is 0.165 e. The molecule has 2 aromatic rings. The van der Waals surface area contributed by atoms with E-state index in [1.54, 1.807) is 6.33 Å². The van der Waals surface area contributed by atoms with Crippen molar-refractivity contribution in [2.24, 2.45) is 11.3 Å². The predicted octanol–water partition coefficient (Wildman–Crippen LogP) is 2.62. The Labute approximate surface area is 123 Å². The molecule has 0 bridgehead atoms. The van der Waals surface area contributed by atoms with Gasteiger partial charge in [-0.3, -0.25) is 0 Å². The van der Waals surface area contributed by atoms with Crippen LogP contribution in [0.2, 0.25) is 5.15 Å². The summed E-state index contributed by atoms with van der Waals surface area (Å²) >= 11 is 6.08. The van der Waals surface area contributed by atoms with Gasteiger partial charge in [0.05, 0.1) is 11.9 Å². The van der Waals surface area contributed by atoms with E-state index < -0.39 is 0 Å². The molecule has 3 rings (SSSR count). The molecule has 1 aliphatic rings. The summed E-state index contributed by atoms with van der Waals surface area (Å²) in [5, 5.41) is 10.00. The van der Waals surface area contributed by atoms with Crippen LogP contribution in [0.5, 0.6) is 0 Å². The van der Waals surface area contributed by atoms with Crippen molar-refractivity contribution in [1.29, 1.82) is 0 Å². The largest absolute Gasteiger partial charge is 0.396 e. The van der Waals surface area contributed by atoms with Crippen molar-refractivity contribution in [1.82, 2.24) is 19.5 Å². The first-order valence-corrected chi connectivity index (χ1v) is 7.24. The van der Waals surface area contributed by atoms with E-state index in [-0.39, 0.29) is 23.5 Å². The highest BCUT2D eigenvalue weighted by molar-refractivity contribution is 6.33. The van der Waals surface area contributed by atoms with E-state index in [9.17, 15) is 5.11 Å². The number of aliphatic hydroxyl groups excluding tert-OH is 1. The Balaban J connectivity index is 2.18. The molecule has 1 aliphatic carbocycles. The van der Waals surface area contributed by atoms with Gasteiger partial charge in [-0.2, -0.15) is 0 Å². The summed E-state index contributed by atoms with van der Waals surface area (Å²) in [5.74, 6) is 0.280. The molecule has 5 nitrogen and oxygen atoms in total. The number of rotatable bonds is 2. The minimum absolute atomic E-state index is 0.0488. The van der Waals surface area contributed by atoms with Gasteiger partial charge >= 0.3 is 0 Å². The lowest BCUT2D eigenvalue weighted by Crippen LogP contribution is -2.43. The van der Waals surface area contributed by atoms with Crippen molar-refractivity contribution in [3.63, 3.8) is 0 Å². The van der Waals surface area contributed by atoms with Crippen molar-refractivity contribution in [3.8, 4) is 0 Å². The van der Waals surface area contributed by atoms with Gasteiger partial charge in [-0.15, -0.1) is 0 Å². The van der Waals surface area contributed by atoms with E-state index in [1.165, 1.54) is 6.33 Å². The minimum atomic E-state index is -0.146. The normalized spacial score (nSPS) is 29.1. The van der Waals surface area contributed by atoms with E-state index in [2.05, 4.69) is 40.3 Å². The lowest BCUT2D eigenvalue weighted by atomic mass is 9.71. The first-order chi connectivity index (χ1) is 9.41. The number of hydrogen-bond acceptors (Lipinski definition) is 4. The second-order valence-electron chi connectivity index (χ2n) is 6.36. The summed E-state index contributed by atoms with van der Waals surface area (Å²) in [7, 11) is 0. The molecule has 2 atom stereocenters. The van der Waals surface area contributed by atoms with Crippen molar-refractivity contribution in [2.75, 3.05) is 6.61 Å². The van der Waals surface area contributed by atoms with Gasteiger partial charge in [0.25, 0.3) is 0 Å².